The molecule has 42 heavy (non-hydrogen) atoms. The molecule has 0 radical (unpaired) electrons. The van der Waals surface area contributed by atoms with Crippen LogP contribution in [0.1, 0.15) is 56.2 Å². The molecule has 218 valence electrons. The second-order valence-electron chi connectivity index (χ2n) is 12.0. The van der Waals surface area contributed by atoms with E-state index in [1.54, 1.807) is 34.5 Å². The Hall–Kier alpha value is -3.69. The van der Waals surface area contributed by atoms with Gasteiger partial charge in [-0.1, -0.05) is 40.5 Å². The summed E-state index contributed by atoms with van der Waals surface area (Å²) in [5.74, 6) is -0.315. The van der Waals surface area contributed by atoms with Crippen molar-refractivity contribution in [3.63, 3.8) is 0 Å². The van der Waals surface area contributed by atoms with E-state index in [0.717, 1.165) is 12.8 Å². The van der Waals surface area contributed by atoms with Crippen molar-refractivity contribution in [1.29, 1.82) is 0 Å². The number of benzene rings is 2. The van der Waals surface area contributed by atoms with E-state index in [2.05, 4.69) is 15.6 Å². The summed E-state index contributed by atoms with van der Waals surface area (Å²) in [6.45, 7) is 8.03. The number of nitrogens with zero attached hydrogens (tertiary/aromatic N) is 4. The van der Waals surface area contributed by atoms with Crippen molar-refractivity contribution < 1.29 is 13.7 Å². The predicted molar refractivity (Wildman–Crippen MR) is 162 cm³/mol. The van der Waals surface area contributed by atoms with Crippen molar-refractivity contribution in [2.75, 3.05) is 0 Å². The summed E-state index contributed by atoms with van der Waals surface area (Å²) in [5, 5.41) is 13.6. The zero-order valence-electron chi connectivity index (χ0n) is 23.7. The Balaban J connectivity index is 1.27. The number of aromatic nitrogens is 4. The number of halogens is 3. The van der Waals surface area contributed by atoms with Crippen LogP contribution in [0.2, 0.25) is 10.0 Å². The molecule has 0 aliphatic heterocycles. The first-order chi connectivity index (χ1) is 19.9. The fourth-order valence-electron chi connectivity index (χ4n) is 5.88. The Morgan fingerprint density at radius 1 is 1.12 bits per heavy atom. The Morgan fingerprint density at radius 3 is 2.60 bits per heavy atom. The normalized spacial score (nSPS) is 17.4. The van der Waals surface area contributed by atoms with Crippen LogP contribution in [0.25, 0.3) is 33.1 Å². The van der Waals surface area contributed by atoms with Crippen LogP contribution in [0.4, 0.5) is 4.39 Å². The molecular formula is C31H30Cl2FN5O3. The monoisotopic (exact) mass is 609 g/mol. The van der Waals surface area contributed by atoms with Crippen molar-refractivity contribution in [3.05, 3.63) is 80.1 Å². The van der Waals surface area contributed by atoms with Crippen LogP contribution >= 0.6 is 23.2 Å². The van der Waals surface area contributed by atoms with Crippen molar-refractivity contribution in [3.8, 4) is 11.3 Å². The molecule has 0 spiro atoms. The van der Waals surface area contributed by atoms with Crippen LogP contribution in [0.15, 0.2) is 51.9 Å². The van der Waals surface area contributed by atoms with E-state index < -0.39 is 11.4 Å². The van der Waals surface area contributed by atoms with Crippen molar-refractivity contribution in [1.82, 2.24) is 24.8 Å². The number of carbonyl (C=O) groups excluding carboxylic acids is 1. The van der Waals surface area contributed by atoms with Crippen LogP contribution in [0, 0.1) is 18.7 Å². The number of amides is 1. The summed E-state index contributed by atoms with van der Waals surface area (Å²) >= 11 is 12.9. The van der Waals surface area contributed by atoms with E-state index in [4.69, 9.17) is 27.7 Å². The van der Waals surface area contributed by atoms with Gasteiger partial charge < -0.3 is 14.4 Å². The van der Waals surface area contributed by atoms with E-state index in [-0.39, 0.29) is 45.3 Å². The lowest BCUT2D eigenvalue weighted by molar-refractivity contribution is 0.0937. The second kappa shape index (κ2) is 10.5. The molecule has 1 saturated carbocycles. The molecule has 1 amide bonds. The zero-order chi connectivity index (χ0) is 29.9. The summed E-state index contributed by atoms with van der Waals surface area (Å²) in [6, 6.07) is 9.72. The van der Waals surface area contributed by atoms with Crippen LogP contribution in [-0.4, -0.2) is 31.5 Å². The maximum absolute atomic E-state index is 14.9. The van der Waals surface area contributed by atoms with Gasteiger partial charge in [-0.15, -0.1) is 0 Å². The predicted octanol–water partition coefficient (Wildman–Crippen LogP) is 7.11. The number of pyridine rings is 1. The van der Waals surface area contributed by atoms with Crippen LogP contribution < -0.4 is 10.9 Å². The number of aryl methyl sites for hydroxylation is 1. The molecule has 3 aromatic heterocycles. The van der Waals surface area contributed by atoms with E-state index in [9.17, 15) is 14.0 Å². The van der Waals surface area contributed by atoms with Crippen LogP contribution in [0.5, 0.6) is 0 Å². The van der Waals surface area contributed by atoms with Gasteiger partial charge in [-0.3, -0.25) is 14.3 Å². The van der Waals surface area contributed by atoms with Gasteiger partial charge >= 0.3 is 0 Å². The third-order valence-electron chi connectivity index (χ3n) is 8.00. The Bertz CT molecular complexity index is 1900. The zero-order valence-corrected chi connectivity index (χ0v) is 25.2. The number of hydrogen-bond donors (Lipinski definition) is 1. The number of carbonyl (C=O) groups is 1. The third-order valence-corrected chi connectivity index (χ3v) is 8.63. The standard InChI is InChI=1S/C31H30Cl2FN5O3/c1-16-24-28(37-42-16)26-21(33)8-6-10-23(26)38(30(24)41)14-17-11-12-18(13-17)35-29(40)19-15-39(31(2,3)4)36-27(19)25-20(32)7-5-9-22(25)34/h5-10,15,17-18H,11-14H2,1-4H3,(H,35,40). The van der Waals surface area contributed by atoms with E-state index in [1.807, 2.05) is 32.9 Å². The fraction of sp³-hybridized carbons (Fsp3) is 0.355. The molecule has 0 bridgehead atoms. The molecule has 0 saturated heterocycles. The largest absolute Gasteiger partial charge is 0.360 e. The fourth-order valence-corrected chi connectivity index (χ4v) is 6.39. The van der Waals surface area contributed by atoms with Crippen molar-refractivity contribution in [2.24, 2.45) is 5.92 Å². The maximum atomic E-state index is 14.9. The highest BCUT2D eigenvalue weighted by molar-refractivity contribution is 6.37. The van der Waals surface area contributed by atoms with E-state index in [1.165, 1.54) is 12.1 Å². The Kier molecular flexibility index (Phi) is 7.14. The van der Waals surface area contributed by atoms with E-state index >= 15 is 0 Å². The van der Waals surface area contributed by atoms with Crippen LogP contribution in [-0.2, 0) is 12.1 Å². The number of fused-ring (bicyclic) bond motifs is 3. The first kappa shape index (κ1) is 28.4. The molecule has 6 rings (SSSR count). The lowest BCUT2D eigenvalue weighted by Crippen LogP contribution is -2.33. The molecule has 1 aliphatic carbocycles. The maximum Gasteiger partial charge on any atom is 0.264 e. The SMILES string of the molecule is Cc1onc2c1c(=O)n(CC1CCC(NC(=O)c3cn(C(C)(C)C)nc3-c3c(F)cccc3Cl)C1)c1cccc(Cl)c21. The molecular weight excluding hydrogens is 580 g/mol. The highest BCUT2D eigenvalue weighted by atomic mass is 35.5. The molecule has 1 aliphatic rings. The van der Waals surface area contributed by atoms with Gasteiger partial charge in [0, 0.05) is 24.2 Å². The average Bonchev–Trinajstić information content (AvgIpc) is 3.65. The topological polar surface area (TPSA) is 95.0 Å². The summed E-state index contributed by atoms with van der Waals surface area (Å²) in [7, 11) is 0. The number of rotatable bonds is 5. The first-order valence-electron chi connectivity index (χ1n) is 13.9. The smallest absolute Gasteiger partial charge is 0.264 e. The average molecular weight is 611 g/mol. The second-order valence-corrected chi connectivity index (χ2v) is 12.8. The van der Waals surface area contributed by atoms with Gasteiger partial charge in [-0.25, -0.2) is 4.39 Å². The summed E-state index contributed by atoms with van der Waals surface area (Å²) < 4.78 is 23.7. The Labute approximate surface area is 251 Å². The molecule has 1 fully saturated rings. The summed E-state index contributed by atoms with van der Waals surface area (Å²) in [6.07, 6.45) is 3.87. The molecule has 1 N–H and O–H groups in total. The highest BCUT2D eigenvalue weighted by Gasteiger charge is 2.31. The third kappa shape index (κ3) is 4.88. The highest BCUT2D eigenvalue weighted by Crippen LogP contribution is 2.35. The number of nitrogens with one attached hydrogen (secondary N) is 1. The number of hydrogen-bond acceptors (Lipinski definition) is 5. The lowest BCUT2D eigenvalue weighted by Gasteiger charge is -2.19. The van der Waals surface area contributed by atoms with Gasteiger partial charge in [-0.05, 0) is 77.1 Å². The van der Waals surface area contributed by atoms with Crippen molar-refractivity contribution >= 4 is 50.9 Å². The van der Waals surface area contributed by atoms with Gasteiger partial charge in [0.05, 0.1) is 32.2 Å². The van der Waals surface area contributed by atoms with Gasteiger partial charge in [0.1, 0.15) is 28.2 Å². The molecule has 11 heteroatoms. The molecule has 5 aromatic rings. The summed E-state index contributed by atoms with van der Waals surface area (Å²) in [5.41, 5.74) is 1.10. The molecule has 8 nitrogen and oxygen atoms in total. The minimum atomic E-state index is -0.547. The molecule has 2 unspecified atom stereocenters. The molecule has 2 atom stereocenters. The van der Waals surface area contributed by atoms with Crippen LogP contribution in [0.3, 0.4) is 0 Å². The molecule has 3 heterocycles. The van der Waals surface area contributed by atoms with Gasteiger partial charge in [-0.2, -0.15) is 5.10 Å². The van der Waals surface area contributed by atoms with Crippen molar-refractivity contribution in [2.45, 2.75) is 65.1 Å². The van der Waals surface area contributed by atoms with Gasteiger partial charge in [0.25, 0.3) is 11.5 Å². The lowest BCUT2D eigenvalue weighted by atomic mass is 10.1. The summed E-state index contributed by atoms with van der Waals surface area (Å²) in [4.78, 5) is 27.2. The van der Waals surface area contributed by atoms with Gasteiger partial charge in [0.15, 0.2) is 0 Å². The minimum Gasteiger partial charge on any atom is -0.360 e. The first-order valence-corrected chi connectivity index (χ1v) is 14.6. The van der Waals surface area contributed by atoms with E-state index in [0.29, 0.717) is 45.6 Å². The quantitative estimate of drug-likeness (QED) is 0.229. The molecule has 2 aromatic carbocycles. The minimum absolute atomic E-state index is 0.0981. The van der Waals surface area contributed by atoms with Gasteiger partial charge in [0.2, 0.25) is 0 Å². The Morgan fingerprint density at radius 2 is 1.86 bits per heavy atom.